The van der Waals surface area contributed by atoms with Gasteiger partial charge in [-0.1, -0.05) is 52.0 Å². The molecule has 0 atom stereocenters. The number of ketones is 1. The van der Waals surface area contributed by atoms with Crippen LogP contribution < -0.4 is 0 Å². The van der Waals surface area contributed by atoms with Crippen LogP contribution in [0.2, 0.25) is 0 Å². The zero-order chi connectivity index (χ0) is 12.2. The monoisotopic (exact) mass is 218 g/mol. The number of benzene rings is 1. The second kappa shape index (κ2) is 5.29. The Morgan fingerprint density at radius 2 is 1.56 bits per heavy atom. The Balaban J connectivity index is 2.52. The minimum Gasteiger partial charge on any atom is -0.299 e. The van der Waals surface area contributed by atoms with E-state index < -0.39 is 0 Å². The fourth-order valence-corrected chi connectivity index (χ4v) is 1.57. The molecular formula is C15H22O. The topological polar surface area (TPSA) is 17.1 Å². The van der Waals surface area contributed by atoms with Crippen molar-refractivity contribution < 1.29 is 4.79 Å². The molecule has 0 saturated heterocycles. The van der Waals surface area contributed by atoms with Crippen molar-refractivity contribution in [2.75, 3.05) is 0 Å². The first-order valence-corrected chi connectivity index (χ1v) is 6.04. The van der Waals surface area contributed by atoms with Crippen LogP contribution in [0.25, 0.3) is 0 Å². The highest BCUT2D eigenvalue weighted by Crippen LogP contribution is 2.18. The summed E-state index contributed by atoms with van der Waals surface area (Å²) in [6.07, 6.45) is 2.58. The SMILES string of the molecule is CCc1ccc(CCC(=O)C(C)(C)C)cc1. The molecule has 16 heavy (non-hydrogen) atoms. The van der Waals surface area contributed by atoms with Gasteiger partial charge in [0.25, 0.3) is 0 Å². The van der Waals surface area contributed by atoms with Crippen LogP contribution in [-0.2, 0) is 17.6 Å². The van der Waals surface area contributed by atoms with Gasteiger partial charge in [-0.2, -0.15) is 0 Å². The molecule has 0 aliphatic rings. The summed E-state index contributed by atoms with van der Waals surface area (Å²) in [6.45, 7) is 8.10. The molecule has 0 unspecified atom stereocenters. The largest absolute Gasteiger partial charge is 0.299 e. The smallest absolute Gasteiger partial charge is 0.138 e. The van der Waals surface area contributed by atoms with Crippen LogP contribution in [0.1, 0.15) is 45.2 Å². The third kappa shape index (κ3) is 3.80. The molecule has 1 heteroatoms. The van der Waals surface area contributed by atoms with Gasteiger partial charge in [0.05, 0.1) is 0 Å². The Morgan fingerprint density at radius 3 is 2.00 bits per heavy atom. The Hall–Kier alpha value is -1.11. The molecule has 0 aliphatic carbocycles. The van der Waals surface area contributed by atoms with E-state index in [0.717, 1.165) is 12.8 Å². The maximum atomic E-state index is 11.8. The van der Waals surface area contributed by atoms with Gasteiger partial charge in [-0.05, 0) is 24.0 Å². The van der Waals surface area contributed by atoms with E-state index in [1.165, 1.54) is 11.1 Å². The molecule has 0 radical (unpaired) electrons. The van der Waals surface area contributed by atoms with Crippen LogP contribution in [0.3, 0.4) is 0 Å². The predicted octanol–water partition coefficient (Wildman–Crippen LogP) is 3.80. The molecule has 1 aromatic rings. The molecule has 0 N–H and O–H groups in total. The molecule has 88 valence electrons. The highest BCUT2D eigenvalue weighted by Gasteiger charge is 2.20. The molecule has 0 aliphatic heterocycles. The van der Waals surface area contributed by atoms with E-state index in [2.05, 4.69) is 31.2 Å². The van der Waals surface area contributed by atoms with Crippen molar-refractivity contribution in [1.82, 2.24) is 0 Å². The average molecular weight is 218 g/mol. The van der Waals surface area contributed by atoms with Gasteiger partial charge in [0.2, 0.25) is 0 Å². The van der Waals surface area contributed by atoms with Crippen molar-refractivity contribution in [3.63, 3.8) is 0 Å². The summed E-state index contributed by atoms with van der Waals surface area (Å²) >= 11 is 0. The van der Waals surface area contributed by atoms with Crippen molar-refractivity contribution in [2.24, 2.45) is 5.41 Å². The van der Waals surface area contributed by atoms with Crippen LogP contribution in [0.4, 0.5) is 0 Å². The number of rotatable bonds is 4. The summed E-state index contributed by atoms with van der Waals surface area (Å²) < 4.78 is 0. The standard InChI is InChI=1S/C15H22O/c1-5-12-6-8-13(9-7-12)10-11-14(16)15(2,3)4/h6-9H,5,10-11H2,1-4H3. The van der Waals surface area contributed by atoms with Gasteiger partial charge < -0.3 is 0 Å². The molecule has 1 aromatic carbocycles. The second-order valence-corrected chi connectivity index (χ2v) is 5.34. The first-order valence-electron chi connectivity index (χ1n) is 6.04. The summed E-state index contributed by atoms with van der Waals surface area (Å²) in [4.78, 5) is 11.8. The van der Waals surface area contributed by atoms with E-state index in [1.54, 1.807) is 0 Å². The van der Waals surface area contributed by atoms with E-state index in [9.17, 15) is 4.79 Å². The molecule has 0 heterocycles. The van der Waals surface area contributed by atoms with Crippen molar-refractivity contribution >= 4 is 5.78 Å². The van der Waals surface area contributed by atoms with Crippen LogP contribution >= 0.6 is 0 Å². The van der Waals surface area contributed by atoms with Gasteiger partial charge in [-0.25, -0.2) is 0 Å². The Kier molecular flexibility index (Phi) is 4.28. The Labute approximate surface area is 98.9 Å². The summed E-state index contributed by atoms with van der Waals surface area (Å²) in [5.41, 5.74) is 2.41. The van der Waals surface area contributed by atoms with E-state index in [1.807, 2.05) is 20.8 Å². The fraction of sp³-hybridized carbons (Fsp3) is 0.533. The third-order valence-corrected chi connectivity index (χ3v) is 2.91. The highest BCUT2D eigenvalue weighted by atomic mass is 16.1. The van der Waals surface area contributed by atoms with Gasteiger partial charge in [-0.3, -0.25) is 4.79 Å². The van der Waals surface area contributed by atoms with Crippen molar-refractivity contribution in [3.05, 3.63) is 35.4 Å². The average Bonchev–Trinajstić information content (AvgIpc) is 2.25. The summed E-state index contributed by atoms with van der Waals surface area (Å²) in [6, 6.07) is 8.57. The van der Waals surface area contributed by atoms with E-state index in [-0.39, 0.29) is 5.41 Å². The van der Waals surface area contributed by atoms with Crippen molar-refractivity contribution in [2.45, 2.75) is 47.0 Å². The van der Waals surface area contributed by atoms with Gasteiger partial charge in [0.15, 0.2) is 0 Å². The first kappa shape index (κ1) is 13.0. The Bertz CT molecular complexity index is 341. The van der Waals surface area contributed by atoms with Crippen molar-refractivity contribution in [1.29, 1.82) is 0 Å². The first-order chi connectivity index (χ1) is 7.43. The number of hydrogen-bond donors (Lipinski definition) is 0. The summed E-state index contributed by atoms with van der Waals surface area (Å²) in [7, 11) is 0. The van der Waals surface area contributed by atoms with Gasteiger partial charge in [-0.15, -0.1) is 0 Å². The third-order valence-electron chi connectivity index (χ3n) is 2.91. The molecule has 0 amide bonds. The quantitative estimate of drug-likeness (QED) is 0.751. The van der Waals surface area contributed by atoms with Gasteiger partial charge >= 0.3 is 0 Å². The lowest BCUT2D eigenvalue weighted by atomic mass is 9.87. The van der Waals surface area contributed by atoms with Gasteiger partial charge in [0, 0.05) is 11.8 Å². The van der Waals surface area contributed by atoms with Crippen molar-refractivity contribution in [3.8, 4) is 0 Å². The Morgan fingerprint density at radius 1 is 1.06 bits per heavy atom. The lowest BCUT2D eigenvalue weighted by molar-refractivity contribution is -0.126. The highest BCUT2D eigenvalue weighted by molar-refractivity contribution is 5.83. The van der Waals surface area contributed by atoms with Crippen LogP contribution in [-0.4, -0.2) is 5.78 Å². The normalized spacial score (nSPS) is 11.5. The minimum absolute atomic E-state index is 0.205. The van der Waals surface area contributed by atoms with E-state index >= 15 is 0 Å². The lowest BCUT2D eigenvalue weighted by Crippen LogP contribution is -2.20. The van der Waals surface area contributed by atoms with E-state index in [4.69, 9.17) is 0 Å². The van der Waals surface area contributed by atoms with Crippen LogP contribution in [0.15, 0.2) is 24.3 Å². The number of carbonyl (C=O) groups excluding carboxylic acids is 1. The molecular weight excluding hydrogens is 196 g/mol. The molecule has 0 saturated carbocycles. The minimum atomic E-state index is -0.205. The molecule has 1 nitrogen and oxygen atoms in total. The number of hydrogen-bond acceptors (Lipinski definition) is 1. The molecule has 0 spiro atoms. The van der Waals surface area contributed by atoms with E-state index in [0.29, 0.717) is 12.2 Å². The zero-order valence-corrected chi connectivity index (χ0v) is 10.8. The molecule has 1 rings (SSSR count). The number of carbonyl (C=O) groups is 1. The van der Waals surface area contributed by atoms with Crippen LogP contribution in [0.5, 0.6) is 0 Å². The molecule has 0 bridgehead atoms. The predicted molar refractivity (Wildman–Crippen MR) is 68.6 cm³/mol. The van der Waals surface area contributed by atoms with Crippen LogP contribution in [0, 0.1) is 5.41 Å². The maximum Gasteiger partial charge on any atom is 0.138 e. The number of Topliss-reactive ketones (excluding diaryl/α,β-unsaturated/α-hetero) is 1. The molecule has 0 fully saturated rings. The lowest BCUT2D eigenvalue weighted by Gasteiger charge is -2.16. The summed E-state index contributed by atoms with van der Waals surface area (Å²) in [5, 5.41) is 0. The fourth-order valence-electron chi connectivity index (χ4n) is 1.57. The number of aryl methyl sites for hydroxylation is 2. The maximum absolute atomic E-state index is 11.8. The zero-order valence-electron chi connectivity index (χ0n) is 10.8. The summed E-state index contributed by atoms with van der Waals surface area (Å²) in [5.74, 6) is 0.340. The molecule has 0 aromatic heterocycles. The van der Waals surface area contributed by atoms with Gasteiger partial charge in [0.1, 0.15) is 5.78 Å². The second-order valence-electron chi connectivity index (χ2n) is 5.34.